The van der Waals surface area contributed by atoms with Gasteiger partial charge in [0.15, 0.2) is 11.5 Å². The quantitative estimate of drug-likeness (QED) is 0.871. The molecule has 0 fully saturated rings. The van der Waals surface area contributed by atoms with Gasteiger partial charge >= 0.3 is 0 Å². The van der Waals surface area contributed by atoms with Crippen molar-refractivity contribution in [2.75, 3.05) is 34.4 Å². The van der Waals surface area contributed by atoms with Gasteiger partial charge in [0.1, 0.15) is 5.82 Å². The van der Waals surface area contributed by atoms with Gasteiger partial charge in [-0.05, 0) is 18.0 Å². The molecule has 2 N–H and O–H groups in total. The molecule has 0 heterocycles. The molecule has 0 atom stereocenters. The molecule has 0 unspecified atom stereocenters. The van der Waals surface area contributed by atoms with Crippen LogP contribution in [0.1, 0.15) is 24.2 Å². The van der Waals surface area contributed by atoms with Gasteiger partial charge in [0, 0.05) is 19.7 Å². The largest absolute Gasteiger partial charge is 0.493 e. The lowest BCUT2D eigenvalue weighted by molar-refractivity contribution is 0.0735. The lowest BCUT2D eigenvalue weighted by Gasteiger charge is -2.29. The molecule has 6 heteroatoms. The second-order valence-corrected chi connectivity index (χ2v) is 5.72. The molecule has 1 aromatic rings. The molecule has 0 radical (unpaired) electrons. The average molecular weight is 298 g/mol. The molecule has 21 heavy (non-hydrogen) atoms. The van der Waals surface area contributed by atoms with E-state index >= 15 is 0 Å². The van der Waals surface area contributed by atoms with Gasteiger partial charge in [0.25, 0.3) is 5.91 Å². The first kappa shape index (κ1) is 17.2. The first-order valence-corrected chi connectivity index (χ1v) is 6.62. The number of nitrogens with two attached hydrogens (primary N) is 1. The van der Waals surface area contributed by atoms with Crippen molar-refractivity contribution in [1.29, 1.82) is 0 Å². The predicted octanol–water partition coefficient (Wildman–Crippen LogP) is 1.90. The Labute approximate surface area is 124 Å². The summed E-state index contributed by atoms with van der Waals surface area (Å²) < 4.78 is 24.2. The molecular formula is C15H23FN2O3. The monoisotopic (exact) mass is 298 g/mol. The zero-order valence-electron chi connectivity index (χ0n) is 13.2. The third kappa shape index (κ3) is 4.07. The maximum atomic E-state index is 14.1. The van der Waals surface area contributed by atoms with Crippen LogP contribution in [0.3, 0.4) is 0 Å². The number of carbonyl (C=O) groups excluding carboxylic acids is 1. The first-order chi connectivity index (χ1) is 9.75. The van der Waals surface area contributed by atoms with E-state index in [1.807, 2.05) is 13.8 Å². The molecule has 0 aliphatic carbocycles. The van der Waals surface area contributed by atoms with Gasteiger partial charge in [-0.3, -0.25) is 4.79 Å². The minimum atomic E-state index is -0.643. The molecule has 118 valence electrons. The summed E-state index contributed by atoms with van der Waals surface area (Å²) in [5.41, 5.74) is 5.37. The number of hydrogen-bond acceptors (Lipinski definition) is 4. The SMILES string of the molecule is COc1cc(F)c(C(=O)N(C)CC(C)(C)CN)cc1OC. The van der Waals surface area contributed by atoms with E-state index < -0.39 is 11.7 Å². The smallest absolute Gasteiger partial charge is 0.256 e. The molecular weight excluding hydrogens is 275 g/mol. The fourth-order valence-electron chi connectivity index (χ4n) is 2.00. The number of nitrogens with zero attached hydrogens (tertiary/aromatic N) is 1. The summed E-state index contributed by atoms with van der Waals surface area (Å²) in [5.74, 6) is -0.504. The maximum Gasteiger partial charge on any atom is 0.256 e. The van der Waals surface area contributed by atoms with Crippen LogP contribution < -0.4 is 15.2 Å². The van der Waals surface area contributed by atoms with E-state index in [0.29, 0.717) is 18.8 Å². The second kappa shape index (κ2) is 6.76. The predicted molar refractivity (Wildman–Crippen MR) is 79.3 cm³/mol. The van der Waals surface area contributed by atoms with Gasteiger partial charge < -0.3 is 20.1 Å². The van der Waals surface area contributed by atoms with E-state index in [2.05, 4.69) is 0 Å². The van der Waals surface area contributed by atoms with Gasteiger partial charge in [-0.2, -0.15) is 0 Å². The fourth-order valence-corrected chi connectivity index (χ4v) is 2.00. The van der Waals surface area contributed by atoms with Crippen molar-refractivity contribution in [1.82, 2.24) is 4.90 Å². The van der Waals surface area contributed by atoms with Crippen molar-refractivity contribution in [2.45, 2.75) is 13.8 Å². The summed E-state index contributed by atoms with van der Waals surface area (Å²) >= 11 is 0. The standard InChI is InChI=1S/C15H23FN2O3/c1-15(2,8-17)9-18(3)14(19)10-6-12(20-4)13(21-5)7-11(10)16/h6-7H,8-9,17H2,1-5H3. The summed E-state index contributed by atoms with van der Waals surface area (Å²) in [4.78, 5) is 13.8. The molecule has 1 aromatic carbocycles. The molecule has 0 bridgehead atoms. The minimum Gasteiger partial charge on any atom is -0.493 e. The number of rotatable bonds is 6. The summed E-state index contributed by atoms with van der Waals surface area (Å²) in [6, 6.07) is 2.50. The van der Waals surface area contributed by atoms with Gasteiger partial charge in [0.2, 0.25) is 0 Å². The first-order valence-electron chi connectivity index (χ1n) is 6.62. The number of amides is 1. The molecule has 0 aliphatic heterocycles. The molecule has 0 saturated heterocycles. The highest BCUT2D eigenvalue weighted by atomic mass is 19.1. The number of ether oxygens (including phenoxy) is 2. The van der Waals surface area contributed by atoms with E-state index in [1.54, 1.807) is 7.05 Å². The topological polar surface area (TPSA) is 64.8 Å². The zero-order chi connectivity index (χ0) is 16.2. The van der Waals surface area contributed by atoms with Crippen LogP contribution in [0.4, 0.5) is 4.39 Å². The van der Waals surface area contributed by atoms with E-state index in [0.717, 1.165) is 6.07 Å². The van der Waals surface area contributed by atoms with Crippen LogP contribution in [0.25, 0.3) is 0 Å². The van der Waals surface area contributed by atoms with Gasteiger partial charge in [-0.15, -0.1) is 0 Å². The Hall–Kier alpha value is -1.82. The molecule has 0 aromatic heterocycles. The van der Waals surface area contributed by atoms with Gasteiger partial charge in [0.05, 0.1) is 19.8 Å². The van der Waals surface area contributed by atoms with Crippen LogP contribution >= 0.6 is 0 Å². The number of halogens is 1. The van der Waals surface area contributed by atoms with Crippen LogP contribution in [-0.4, -0.2) is 45.2 Å². The fraction of sp³-hybridized carbons (Fsp3) is 0.533. The molecule has 0 spiro atoms. The maximum absolute atomic E-state index is 14.1. The van der Waals surface area contributed by atoms with E-state index in [9.17, 15) is 9.18 Å². The lowest BCUT2D eigenvalue weighted by atomic mass is 9.93. The van der Waals surface area contributed by atoms with Crippen molar-refractivity contribution in [3.63, 3.8) is 0 Å². The van der Waals surface area contributed by atoms with Crippen LogP contribution in [-0.2, 0) is 0 Å². The number of carbonyl (C=O) groups is 1. The summed E-state index contributed by atoms with van der Waals surface area (Å²) in [6.45, 7) is 4.75. The molecule has 1 amide bonds. The Balaban J connectivity index is 3.07. The summed E-state index contributed by atoms with van der Waals surface area (Å²) in [5, 5.41) is 0. The van der Waals surface area contributed by atoms with Crippen molar-refractivity contribution < 1.29 is 18.7 Å². The highest BCUT2D eigenvalue weighted by Crippen LogP contribution is 2.30. The molecule has 0 saturated carbocycles. The Morgan fingerprint density at radius 1 is 1.29 bits per heavy atom. The van der Waals surface area contributed by atoms with E-state index in [-0.39, 0.29) is 16.7 Å². The van der Waals surface area contributed by atoms with Crippen molar-refractivity contribution in [3.8, 4) is 11.5 Å². The van der Waals surface area contributed by atoms with Crippen molar-refractivity contribution >= 4 is 5.91 Å². The Bertz CT molecular complexity index is 518. The highest BCUT2D eigenvalue weighted by molar-refractivity contribution is 5.95. The number of benzene rings is 1. The van der Waals surface area contributed by atoms with E-state index in [4.69, 9.17) is 15.2 Å². The van der Waals surface area contributed by atoms with Crippen LogP contribution in [0.5, 0.6) is 11.5 Å². The van der Waals surface area contributed by atoms with Crippen LogP contribution in [0, 0.1) is 11.2 Å². The van der Waals surface area contributed by atoms with E-state index in [1.165, 1.54) is 25.2 Å². The normalized spacial score (nSPS) is 11.2. The van der Waals surface area contributed by atoms with Crippen LogP contribution in [0.15, 0.2) is 12.1 Å². The number of hydrogen-bond donors (Lipinski definition) is 1. The Kier molecular flexibility index (Phi) is 5.54. The lowest BCUT2D eigenvalue weighted by Crippen LogP contribution is -2.40. The molecule has 5 nitrogen and oxygen atoms in total. The highest BCUT2D eigenvalue weighted by Gasteiger charge is 2.25. The Morgan fingerprint density at radius 2 is 1.81 bits per heavy atom. The van der Waals surface area contributed by atoms with Gasteiger partial charge in [-0.1, -0.05) is 13.8 Å². The third-order valence-electron chi connectivity index (χ3n) is 3.27. The third-order valence-corrected chi connectivity index (χ3v) is 3.27. The average Bonchev–Trinajstić information content (AvgIpc) is 2.45. The van der Waals surface area contributed by atoms with Crippen molar-refractivity contribution in [2.24, 2.45) is 11.1 Å². The van der Waals surface area contributed by atoms with Gasteiger partial charge in [-0.25, -0.2) is 4.39 Å². The molecule has 1 rings (SSSR count). The van der Waals surface area contributed by atoms with Crippen molar-refractivity contribution in [3.05, 3.63) is 23.5 Å². The molecule has 0 aliphatic rings. The Morgan fingerprint density at radius 3 is 2.29 bits per heavy atom. The summed E-state index contributed by atoms with van der Waals surface area (Å²) in [7, 11) is 4.47. The minimum absolute atomic E-state index is 0.0528. The zero-order valence-corrected chi connectivity index (χ0v) is 13.2. The van der Waals surface area contributed by atoms with Crippen LogP contribution in [0.2, 0.25) is 0 Å². The second-order valence-electron chi connectivity index (χ2n) is 5.72. The number of methoxy groups -OCH3 is 2. The summed E-state index contributed by atoms with van der Waals surface area (Å²) in [6.07, 6.45) is 0.